The third-order valence-corrected chi connectivity index (χ3v) is 4.55. The molecule has 1 fully saturated rings. The van der Waals surface area contributed by atoms with Gasteiger partial charge in [0.15, 0.2) is 5.17 Å². The number of carbonyl (C=O) groups is 1. The Balaban J connectivity index is 1.64. The second kappa shape index (κ2) is 7.71. The number of nitrogens with one attached hydrogen (secondary N) is 1. The number of hydrogen-bond acceptors (Lipinski definition) is 6. The van der Waals surface area contributed by atoms with E-state index in [4.69, 9.17) is 0 Å². The van der Waals surface area contributed by atoms with Crippen molar-refractivity contribution in [2.45, 2.75) is 11.7 Å². The summed E-state index contributed by atoms with van der Waals surface area (Å²) >= 11 is 1.32. The number of non-ortho nitro benzene ring substituents is 1. The molecular formula is C17H14N4O3S. The van der Waals surface area contributed by atoms with Crippen molar-refractivity contribution in [2.75, 3.05) is 0 Å². The molecule has 126 valence electrons. The van der Waals surface area contributed by atoms with E-state index < -0.39 is 4.92 Å². The summed E-state index contributed by atoms with van der Waals surface area (Å²) in [5, 5.41) is 21.5. The predicted molar refractivity (Wildman–Crippen MR) is 97.8 cm³/mol. The average molecular weight is 354 g/mol. The molecule has 1 heterocycles. The van der Waals surface area contributed by atoms with Gasteiger partial charge in [0.25, 0.3) is 5.69 Å². The summed E-state index contributed by atoms with van der Waals surface area (Å²) in [6.45, 7) is 0. The zero-order valence-corrected chi connectivity index (χ0v) is 13.8. The Hall–Kier alpha value is -3.00. The minimum absolute atomic E-state index is 0.0110. The van der Waals surface area contributed by atoms with Gasteiger partial charge in [-0.25, -0.2) is 0 Å². The molecule has 0 aromatic heterocycles. The molecule has 0 unspecified atom stereocenters. The maximum absolute atomic E-state index is 12.0. The number of rotatable bonds is 5. The quantitative estimate of drug-likeness (QED) is 0.507. The van der Waals surface area contributed by atoms with Gasteiger partial charge < -0.3 is 5.32 Å². The highest BCUT2D eigenvalue weighted by atomic mass is 32.2. The van der Waals surface area contributed by atoms with E-state index in [1.54, 1.807) is 12.1 Å². The van der Waals surface area contributed by atoms with Gasteiger partial charge in [-0.15, -0.1) is 5.10 Å². The lowest BCUT2D eigenvalue weighted by molar-refractivity contribution is -0.384. The van der Waals surface area contributed by atoms with Crippen LogP contribution in [0.5, 0.6) is 0 Å². The van der Waals surface area contributed by atoms with Crippen LogP contribution in [0.1, 0.15) is 11.1 Å². The van der Waals surface area contributed by atoms with Crippen LogP contribution in [0.15, 0.2) is 64.8 Å². The molecular weight excluding hydrogens is 340 g/mol. The molecule has 2 aromatic carbocycles. The zero-order chi connectivity index (χ0) is 17.6. The summed E-state index contributed by atoms with van der Waals surface area (Å²) in [7, 11) is 0. The van der Waals surface area contributed by atoms with Gasteiger partial charge in [-0.2, -0.15) is 5.10 Å². The molecule has 0 bridgehead atoms. The Morgan fingerprint density at radius 2 is 2.00 bits per heavy atom. The molecule has 0 aliphatic carbocycles. The number of amidine groups is 1. The Morgan fingerprint density at radius 1 is 1.20 bits per heavy atom. The number of hydrogen-bond donors (Lipinski definition) is 1. The van der Waals surface area contributed by atoms with Crippen molar-refractivity contribution in [2.24, 2.45) is 10.2 Å². The van der Waals surface area contributed by atoms with Crippen molar-refractivity contribution >= 4 is 34.7 Å². The van der Waals surface area contributed by atoms with Crippen LogP contribution in [0.3, 0.4) is 0 Å². The fraction of sp³-hybridized carbons (Fsp3) is 0.118. The molecule has 1 N–H and O–H groups in total. The monoisotopic (exact) mass is 354 g/mol. The predicted octanol–water partition coefficient (Wildman–Crippen LogP) is 2.76. The Kier molecular flexibility index (Phi) is 5.20. The van der Waals surface area contributed by atoms with Crippen molar-refractivity contribution < 1.29 is 9.72 Å². The SMILES string of the molecule is O=C1N/C(=N/N=C\c2cccc([N+](=O)[O-])c2)S[C@@H]1Cc1ccccc1. The van der Waals surface area contributed by atoms with Gasteiger partial charge in [0, 0.05) is 17.7 Å². The van der Waals surface area contributed by atoms with Crippen LogP contribution in [0.25, 0.3) is 0 Å². The average Bonchev–Trinajstić information content (AvgIpc) is 2.95. The molecule has 0 saturated carbocycles. The maximum atomic E-state index is 12.0. The van der Waals surface area contributed by atoms with Crippen molar-refractivity contribution in [1.82, 2.24) is 5.32 Å². The van der Waals surface area contributed by atoms with Crippen molar-refractivity contribution in [3.63, 3.8) is 0 Å². The van der Waals surface area contributed by atoms with Gasteiger partial charge in [-0.1, -0.05) is 54.2 Å². The summed E-state index contributed by atoms with van der Waals surface area (Å²) in [4.78, 5) is 22.3. The number of carbonyl (C=O) groups excluding carboxylic acids is 1. The summed E-state index contributed by atoms with van der Waals surface area (Å²) in [6.07, 6.45) is 2.03. The highest BCUT2D eigenvalue weighted by Crippen LogP contribution is 2.23. The largest absolute Gasteiger partial charge is 0.303 e. The maximum Gasteiger partial charge on any atom is 0.270 e. The van der Waals surface area contributed by atoms with Crippen molar-refractivity contribution in [1.29, 1.82) is 0 Å². The highest BCUT2D eigenvalue weighted by Gasteiger charge is 2.30. The molecule has 2 aromatic rings. The first-order chi connectivity index (χ1) is 12.1. The second-order valence-corrected chi connectivity index (χ2v) is 6.48. The zero-order valence-electron chi connectivity index (χ0n) is 13.0. The van der Waals surface area contributed by atoms with E-state index in [9.17, 15) is 14.9 Å². The smallest absolute Gasteiger partial charge is 0.270 e. The number of amides is 1. The molecule has 0 radical (unpaired) electrons. The molecule has 7 nitrogen and oxygen atoms in total. The normalized spacial score (nSPS) is 18.6. The summed E-state index contributed by atoms with van der Waals surface area (Å²) < 4.78 is 0. The van der Waals surface area contributed by atoms with Crippen LogP contribution in [-0.4, -0.2) is 27.5 Å². The molecule has 3 rings (SSSR count). The van der Waals surface area contributed by atoms with E-state index >= 15 is 0 Å². The number of benzene rings is 2. The van der Waals surface area contributed by atoms with E-state index in [-0.39, 0.29) is 16.8 Å². The minimum Gasteiger partial charge on any atom is -0.303 e. The van der Waals surface area contributed by atoms with Gasteiger partial charge in [0.1, 0.15) is 0 Å². The van der Waals surface area contributed by atoms with Gasteiger partial charge in [0.2, 0.25) is 5.91 Å². The van der Waals surface area contributed by atoms with Crippen LogP contribution >= 0.6 is 11.8 Å². The van der Waals surface area contributed by atoms with Gasteiger partial charge in [-0.05, 0) is 12.0 Å². The lowest BCUT2D eigenvalue weighted by Gasteiger charge is -2.04. The number of thioether (sulfide) groups is 1. The molecule has 1 atom stereocenters. The highest BCUT2D eigenvalue weighted by molar-refractivity contribution is 8.15. The molecule has 1 aliphatic rings. The fourth-order valence-electron chi connectivity index (χ4n) is 2.28. The van der Waals surface area contributed by atoms with E-state index in [0.29, 0.717) is 17.2 Å². The van der Waals surface area contributed by atoms with Gasteiger partial charge in [-0.3, -0.25) is 14.9 Å². The number of nitro groups is 1. The lowest BCUT2D eigenvalue weighted by atomic mass is 10.1. The Bertz CT molecular complexity index is 852. The van der Waals surface area contributed by atoms with Crippen molar-refractivity contribution in [3.8, 4) is 0 Å². The number of nitrogens with zero attached hydrogens (tertiary/aromatic N) is 3. The summed E-state index contributed by atoms with van der Waals surface area (Å²) in [5.74, 6) is -0.0989. The fourth-order valence-corrected chi connectivity index (χ4v) is 3.25. The lowest BCUT2D eigenvalue weighted by Crippen LogP contribution is -2.25. The third kappa shape index (κ3) is 4.51. The van der Waals surface area contributed by atoms with Crippen LogP contribution < -0.4 is 5.32 Å². The summed E-state index contributed by atoms with van der Waals surface area (Å²) in [5.41, 5.74) is 1.63. The van der Waals surface area contributed by atoms with E-state index in [1.807, 2.05) is 30.3 Å². The van der Waals surface area contributed by atoms with Crippen LogP contribution in [0.2, 0.25) is 0 Å². The molecule has 0 spiro atoms. The molecule has 1 amide bonds. The Labute approximate surface area is 148 Å². The molecule has 8 heteroatoms. The second-order valence-electron chi connectivity index (χ2n) is 5.29. The van der Waals surface area contributed by atoms with E-state index in [0.717, 1.165) is 5.56 Å². The first-order valence-electron chi connectivity index (χ1n) is 7.49. The topological polar surface area (TPSA) is 97.0 Å². The molecule has 1 aliphatic heterocycles. The minimum atomic E-state index is -0.468. The van der Waals surface area contributed by atoms with Gasteiger partial charge >= 0.3 is 0 Å². The van der Waals surface area contributed by atoms with E-state index in [1.165, 1.54) is 30.1 Å². The third-order valence-electron chi connectivity index (χ3n) is 3.48. The first kappa shape index (κ1) is 16.8. The van der Waals surface area contributed by atoms with Crippen LogP contribution in [0.4, 0.5) is 5.69 Å². The van der Waals surface area contributed by atoms with Crippen molar-refractivity contribution in [3.05, 3.63) is 75.8 Å². The number of nitro benzene ring substituents is 1. The van der Waals surface area contributed by atoms with E-state index in [2.05, 4.69) is 15.5 Å². The van der Waals surface area contributed by atoms with Crippen LogP contribution in [-0.2, 0) is 11.2 Å². The standard InChI is InChI=1S/C17H14N4O3S/c22-16-15(10-12-5-2-1-3-6-12)25-17(19-16)20-18-11-13-7-4-8-14(9-13)21(23)24/h1-9,11,15H,10H2,(H,19,20,22)/b18-11-/t15-/m1/s1. The Morgan fingerprint density at radius 3 is 2.76 bits per heavy atom. The molecule has 1 saturated heterocycles. The first-order valence-corrected chi connectivity index (χ1v) is 8.37. The van der Waals surface area contributed by atoms with Gasteiger partial charge in [0.05, 0.1) is 16.4 Å². The molecule has 25 heavy (non-hydrogen) atoms. The summed E-state index contributed by atoms with van der Waals surface area (Å²) in [6, 6.07) is 15.8. The van der Waals surface area contributed by atoms with Crippen LogP contribution in [0, 0.1) is 10.1 Å².